The van der Waals surface area contributed by atoms with E-state index in [9.17, 15) is 0 Å². The van der Waals surface area contributed by atoms with Gasteiger partial charge in [-0.1, -0.05) is 0 Å². The molecule has 0 rings (SSSR count). The van der Waals surface area contributed by atoms with Gasteiger partial charge in [0.15, 0.2) is 6.29 Å². The Balaban J connectivity index is -0.0000000245. The number of halogens is 4. The minimum atomic E-state index is -0.0370. The van der Waals surface area contributed by atoms with Gasteiger partial charge in [0.2, 0.25) is 0 Å². The molecule has 0 aromatic rings. The molecule has 13 heavy (non-hydrogen) atoms. The van der Waals surface area contributed by atoms with Crippen LogP contribution >= 0.6 is 0 Å². The van der Waals surface area contributed by atoms with Crippen LogP contribution in [0.1, 0.15) is 20.8 Å². The zero-order valence-electron chi connectivity index (χ0n) is 7.82. The third kappa shape index (κ3) is 31.6. The van der Waals surface area contributed by atoms with Gasteiger partial charge in [0.1, 0.15) is 0 Å². The fraction of sp³-hybridized carbons (Fsp3) is 1.00. The summed E-state index contributed by atoms with van der Waals surface area (Å²) < 4.78 is 10.1. The Kier molecular flexibility index (Phi) is 81.7. The van der Waals surface area contributed by atoms with E-state index in [0.717, 1.165) is 13.2 Å². The van der Waals surface area contributed by atoms with E-state index in [1.807, 2.05) is 20.8 Å². The Hall–Kier alpha value is 1.79. The fourth-order valence-corrected chi connectivity index (χ4v) is 0.518. The average Bonchev–Trinajstić information content (AvgIpc) is 1.68. The van der Waals surface area contributed by atoms with Crippen LogP contribution in [0, 0.1) is 0 Å². The van der Waals surface area contributed by atoms with E-state index in [0.29, 0.717) is 0 Å². The molecule has 0 amide bonds. The van der Waals surface area contributed by atoms with Crippen LogP contribution in [0.5, 0.6) is 0 Å². The molecular weight excluding hydrogens is 294 g/mol. The van der Waals surface area contributed by atoms with Crippen molar-refractivity contribution >= 4 is 0 Å². The van der Waals surface area contributed by atoms with E-state index in [-0.39, 0.29) is 77.6 Å². The molecule has 0 aromatic carbocycles. The largest absolute Gasteiger partial charge is 4.00 e. The molecule has 0 unspecified atom stereocenters. The van der Waals surface area contributed by atoms with E-state index in [2.05, 4.69) is 0 Å². The van der Waals surface area contributed by atoms with Gasteiger partial charge in [0.25, 0.3) is 0 Å². The second-order valence-electron chi connectivity index (χ2n) is 1.48. The number of rotatable bonds is 4. The molecular formula is C6H14Cl4O2Ti. The predicted molar refractivity (Wildman–Crippen MR) is 32.7 cm³/mol. The summed E-state index contributed by atoms with van der Waals surface area (Å²) in [5.74, 6) is 0. The van der Waals surface area contributed by atoms with Crippen LogP contribution in [-0.2, 0) is 31.2 Å². The summed E-state index contributed by atoms with van der Waals surface area (Å²) >= 11 is 0. The summed E-state index contributed by atoms with van der Waals surface area (Å²) in [7, 11) is 0. The van der Waals surface area contributed by atoms with Gasteiger partial charge >= 0.3 is 21.7 Å². The second-order valence-corrected chi connectivity index (χ2v) is 1.48. The Morgan fingerprint density at radius 3 is 1.23 bits per heavy atom. The minimum Gasteiger partial charge on any atom is -1.00 e. The quantitative estimate of drug-likeness (QED) is 0.379. The van der Waals surface area contributed by atoms with Crippen molar-refractivity contribution in [3.05, 3.63) is 0 Å². The minimum absolute atomic E-state index is 0. The van der Waals surface area contributed by atoms with Crippen molar-refractivity contribution in [3.8, 4) is 0 Å². The molecule has 0 N–H and O–H groups in total. The second kappa shape index (κ2) is 29.2. The van der Waals surface area contributed by atoms with E-state index in [1.54, 1.807) is 0 Å². The van der Waals surface area contributed by atoms with Gasteiger partial charge < -0.3 is 59.1 Å². The van der Waals surface area contributed by atoms with E-state index < -0.39 is 0 Å². The van der Waals surface area contributed by atoms with Gasteiger partial charge in [0.05, 0.1) is 0 Å². The third-order valence-electron chi connectivity index (χ3n) is 0.803. The molecule has 0 spiro atoms. The third-order valence-corrected chi connectivity index (χ3v) is 0.803. The summed E-state index contributed by atoms with van der Waals surface area (Å²) in [4.78, 5) is 0. The Morgan fingerprint density at radius 2 is 1.08 bits per heavy atom. The normalized spacial score (nSPS) is 6.46. The van der Waals surface area contributed by atoms with E-state index in [1.165, 1.54) is 0 Å². The monoisotopic (exact) mass is 306 g/mol. The Bertz CT molecular complexity index is 55.9. The molecule has 0 bridgehead atoms. The van der Waals surface area contributed by atoms with Gasteiger partial charge in [-0.2, -0.15) is 0 Å². The number of hydrogen-bond acceptors (Lipinski definition) is 2. The summed E-state index contributed by atoms with van der Waals surface area (Å²) in [6.45, 7) is 7.25. The van der Waals surface area contributed by atoms with Gasteiger partial charge in [-0.25, -0.2) is 0 Å². The Labute approximate surface area is 120 Å². The maximum Gasteiger partial charge on any atom is 4.00 e. The molecule has 2 nitrogen and oxygen atoms in total. The van der Waals surface area contributed by atoms with Crippen LogP contribution in [-0.4, -0.2) is 19.5 Å². The molecule has 0 aromatic heterocycles. The molecule has 0 saturated heterocycles. The summed E-state index contributed by atoms with van der Waals surface area (Å²) in [6, 6.07) is 0. The van der Waals surface area contributed by atoms with Crippen LogP contribution < -0.4 is 49.6 Å². The first-order valence-corrected chi connectivity index (χ1v) is 3.04. The van der Waals surface area contributed by atoms with E-state index in [4.69, 9.17) is 9.47 Å². The maximum absolute atomic E-state index is 5.06. The van der Waals surface area contributed by atoms with Crippen LogP contribution in [0.25, 0.3) is 0 Å². The summed E-state index contributed by atoms with van der Waals surface area (Å²) in [5, 5.41) is 0. The predicted octanol–water partition coefficient (Wildman–Crippen LogP) is -10.6. The average molecular weight is 308 g/mol. The van der Waals surface area contributed by atoms with Crippen molar-refractivity contribution in [2.24, 2.45) is 0 Å². The zero-order valence-corrected chi connectivity index (χ0v) is 12.4. The van der Waals surface area contributed by atoms with Crippen LogP contribution in [0.3, 0.4) is 0 Å². The van der Waals surface area contributed by atoms with Gasteiger partial charge in [-0.3, -0.25) is 0 Å². The SMILES string of the molecule is CCOC(C)OCC.[Cl-].[Cl-].[Cl-].[Cl-].[Ti+4]. The van der Waals surface area contributed by atoms with Gasteiger partial charge in [-0.15, -0.1) is 0 Å². The molecule has 0 aliphatic heterocycles. The molecule has 0 aliphatic rings. The van der Waals surface area contributed by atoms with Crippen molar-refractivity contribution in [1.29, 1.82) is 0 Å². The van der Waals surface area contributed by atoms with Crippen molar-refractivity contribution in [1.82, 2.24) is 0 Å². The molecule has 0 heterocycles. The standard InChI is InChI=1S/C6H14O2.4ClH.Ti/c1-4-7-6(3)8-5-2;;;;;/h6H,4-5H2,1-3H3;4*1H;/q;;;;;+4/p-4. The van der Waals surface area contributed by atoms with Crippen molar-refractivity contribution in [2.75, 3.05) is 13.2 Å². The smallest absolute Gasteiger partial charge is 1.00 e. The molecule has 0 atom stereocenters. The molecule has 82 valence electrons. The molecule has 0 fully saturated rings. The topological polar surface area (TPSA) is 18.5 Å². The van der Waals surface area contributed by atoms with Crippen molar-refractivity contribution < 1.29 is 80.8 Å². The summed E-state index contributed by atoms with van der Waals surface area (Å²) in [6.07, 6.45) is -0.0370. The molecule has 0 aliphatic carbocycles. The molecule has 7 heteroatoms. The van der Waals surface area contributed by atoms with Gasteiger partial charge in [-0.05, 0) is 20.8 Å². The first-order valence-electron chi connectivity index (χ1n) is 3.04. The van der Waals surface area contributed by atoms with E-state index >= 15 is 0 Å². The van der Waals surface area contributed by atoms with Crippen molar-refractivity contribution in [3.63, 3.8) is 0 Å². The van der Waals surface area contributed by atoms with Crippen LogP contribution in [0.4, 0.5) is 0 Å². The number of ether oxygens (including phenoxy) is 2. The molecule has 0 saturated carbocycles. The fourth-order valence-electron chi connectivity index (χ4n) is 0.518. The van der Waals surface area contributed by atoms with Crippen molar-refractivity contribution in [2.45, 2.75) is 27.1 Å². The Morgan fingerprint density at radius 1 is 0.846 bits per heavy atom. The first-order chi connectivity index (χ1) is 3.81. The number of hydrogen-bond donors (Lipinski definition) is 0. The maximum atomic E-state index is 5.06. The van der Waals surface area contributed by atoms with Crippen LogP contribution in [0.2, 0.25) is 0 Å². The summed E-state index contributed by atoms with van der Waals surface area (Å²) in [5.41, 5.74) is 0. The zero-order chi connectivity index (χ0) is 6.41. The first kappa shape index (κ1) is 36.4. The van der Waals surface area contributed by atoms with Gasteiger partial charge in [0, 0.05) is 13.2 Å². The van der Waals surface area contributed by atoms with Crippen LogP contribution in [0.15, 0.2) is 0 Å². The molecule has 0 radical (unpaired) electrons.